The minimum atomic E-state index is -1.04. The molecule has 1 aliphatic heterocycles. The molecular weight excluding hydrogens is 246 g/mol. The minimum Gasteiger partial charge on any atom is -0.476 e. The van der Waals surface area contributed by atoms with Crippen LogP contribution in [-0.2, 0) is 6.54 Å². The van der Waals surface area contributed by atoms with E-state index in [0.29, 0.717) is 18.5 Å². The first-order valence-corrected chi connectivity index (χ1v) is 6.61. The van der Waals surface area contributed by atoms with E-state index in [9.17, 15) is 4.79 Å². The number of aromatic nitrogens is 3. The van der Waals surface area contributed by atoms with E-state index in [0.717, 1.165) is 26.1 Å². The molecule has 2 unspecified atom stereocenters. The highest BCUT2D eigenvalue weighted by atomic mass is 16.4. The minimum absolute atomic E-state index is 0.00680. The Kier molecular flexibility index (Phi) is 4.49. The highest BCUT2D eigenvalue weighted by Gasteiger charge is 2.23. The largest absolute Gasteiger partial charge is 0.476 e. The smallest absolute Gasteiger partial charge is 0.358 e. The number of carboxylic acid groups (broad SMARTS) is 1. The van der Waals surface area contributed by atoms with E-state index in [1.165, 1.54) is 6.20 Å². The van der Waals surface area contributed by atoms with Gasteiger partial charge in [-0.15, -0.1) is 5.10 Å². The second kappa shape index (κ2) is 6.12. The average molecular weight is 267 g/mol. The lowest BCUT2D eigenvalue weighted by atomic mass is 9.94. The average Bonchev–Trinajstić information content (AvgIpc) is 2.81. The Morgan fingerprint density at radius 3 is 3.05 bits per heavy atom. The van der Waals surface area contributed by atoms with Gasteiger partial charge in [-0.1, -0.05) is 12.1 Å². The summed E-state index contributed by atoms with van der Waals surface area (Å²) in [4.78, 5) is 13.0. The lowest BCUT2D eigenvalue weighted by molar-refractivity contribution is 0.0690. The first-order valence-electron chi connectivity index (χ1n) is 6.61. The van der Waals surface area contributed by atoms with Gasteiger partial charge < -0.3 is 15.3 Å². The predicted molar refractivity (Wildman–Crippen MR) is 70.1 cm³/mol. The van der Waals surface area contributed by atoms with Crippen molar-refractivity contribution in [3.63, 3.8) is 0 Å². The van der Waals surface area contributed by atoms with Gasteiger partial charge in [0.2, 0.25) is 0 Å². The maximum atomic E-state index is 10.7. The second-order valence-electron chi connectivity index (χ2n) is 5.26. The summed E-state index contributed by atoms with van der Waals surface area (Å²) in [6.07, 6.45) is 2.61. The summed E-state index contributed by atoms with van der Waals surface area (Å²) in [5.74, 6) is -0.410. The van der Waals surface area contributed by atoms with E-state index in [-0.39, 0.29) is 5.69 Å². The van der Waals surface area contributed by atoms with Gasteiger partial charge in [-0.2, -0.15) is 0 Å². The topological polar surface area (TPSA) is 83.3 Å². The van der Waals surface area contributed by atoms with Crippen LogP contribution in [0.25, 0.3) is 0 Å². The third kappa shape index (κ3) is 3.74. The molecule has 2 N–H and O–H groups in total. The number of likely N-dealkylation sites (tertiary alicyclic amines) is 1. The van der Waals surface area contributed by atoms with Crippen molar-refractivity contribution in [2.24, 2.45) is 5.92 Å². The molecule has 1 aromatic heterocycles. The standard InChI is InChI=1S/C12H21N5O2/c1-9-7-16(2)5-3-10(9)13-4-6-17-8-11(12(18)19)14-15-17/h8-10,13H,3-7H2,1-2H3,(H,18,19). The van der Waals surface area contributed by atoms with Crippen LogP contribution in [0, 0.1) is 5.92 Å². The molecule has 2 atom stereocenters. The molecule has 1 saturated heterocycles. The van der Waals surface area contributed by atoms with Crippen molar-refractivity contribution in [3.8, 4) is 0 Å². The Morgan fingerprint density at radius 1 is 1.63 bits per heavy atom. The van der Waals surface area contributed by atoms with Crippen LogP contribution in [0.3, 0.4) is 0 Å². The monoisotopic (exact) mass is 267 g/mol. The molecule has 1 aromatic rings. The molecule has 1 fully saturated rings. The number of hydrogen-bond acceptors (Lipinski definition) is 5. The summed E-state index contributed by atoms with van der Waals surface area (Å²) < 4.78 is 1.57. The second-order valence-corrected chi connectivity index (χ2v) is 5.26. The van der Waals surface area contributed by atoms with Crippen LogP contribution < -0.4 is 5.32 Å². The molecule has 0 spiro atoms. The van der Waals surface area contributed by atoms with Gasteiger partial charge in [-0.05, 0) is 25.9 Å². The fraction of sp³-hybridized carbons (Fsp3) is 0.750. The van der Waals surface area contributed by atoms with E-state index >= 15 is 0 Å². The molecule has 0 aliphatic carbocycles. The summed E-state index contributed by atoms with van der Waals surface area (Å²) in [5, 5.41) is 19.6. The number of hydrogen-bond donors (Lipinski definition) is 2. The fourth-order valence-corrected chi connectivity index (χ4v) is 2.53. The molecule has 19 heavy (non-hydrogen) atoms. The van der Waals surface area contributed by atoms with Crippen LogP contribution in [0.1, 0.15) is 23.8 Å². The quantitative estimate of drug-likeness (QED) is 0.775. The van der Waals surface area contributed by atoms with Crippen LogP contribution in [0.4, 0.5) is 0 Å². The molecule has 2 heterocycles. The molecule has 0 aromatic carbocycles. The molecule has 0 radical (unpaired) electrons. The molecule has 1 aliphatic rings. The van der Waals surface area contributed by atoms with Crippen LogP contribution in [0.5, 0.6) is 0 Å². The molecule has 7 nitrogen and oxygen atoms in total. The first kappa shape index (κ1) is 14.0. The van der Waals surface area contributed by atoms with Gasteiger partial charge in [-0.25, -0.2) is 4.79 Å². The van der Waals surface area contributed by atoms with Crippen LogP contribution in [0.2, 0.25) is 0 Å². The van der Waals surface area contributed by atoms with E-state index in [1.54, 1.807) is 4.68 Å². The number of carboxylic acids is 1. The summed E-state index contributed by atoms with van der Waals surface area (Å²) in [6.45, 7) is 5.91. The Balaban J connectivity index is 1.75. The normalized spacial score (nSPS) is 24.5. The number of nitrogens with zero attached hydrogens (tertiary/aromatic N) is 4. The van der Waals surface area contributed by atoms with Crippen molar-refractivity contribution in [2.75, 3.05) is 26.7 Å². The zero-order valence-electron chi connectivity index (χ0n) is 11.4. The third-order valence-corrected chi connectivity index (χ3v) is 3.61. The lowest BCUT2D eigenvalue weighted by Gasteiger charge is -2.35. The number of carbonyl (C=O) groups is 1. The van der Waals surface area contributed by atoms with Crippen molar-refractivity contribution >= 4 is 5.97 Å². The number of piperidine rings is 1. The van der Waals surface area contributed by atoms with E-state index < -0.39 is 5.97 Å². The van der Waals surface area contributed by atoms with Gasteiger partial charge in [-0.3, -0.25) is 4.68 Å². The van der Waals surface area contributed by atoms with E-state index in [4.69, 9.17) is 5.11 Å². The molecule has 106 valence electrons. The van der Waals surface area contributed by atoms with Gasteiger partial charge in [0.25, 0.3) is 0 Å². The number of nitrogens with one attached hydrogen (secondary N) is 1. The van der Waals surface area contributed by atoms with Crippen LogP contribution >= 0.6 is 0 Å². The Morgan fingerprint density at radius 2 is 2.42 bits per heavy atom. The zero-order chi connectivity index (χ0) is 13.8. The van der Waals surface area contributed by atoms with Gasteiger partial charge in [0.15, 0.2) is 5.69 Å². The van der Waals surface area contributed by atoms with E-state index in [1.807, 2.05) is 0 Å². The van der Waals surface area contributed by atoms with Gasteiger partial charge >= 0.3 is 5.97 Å². The molecule has 2 rings (SSSR count). The summed E-state index contributed by atoms with van der Waals surface area (Å²) >= 11 is 0. The maximum absolute atomic E-state index is 10.7. The highest BCUT2D eigenvalue weighted by molar-refractivity contribution is 5.84. The van der Waals surface area contributed by atoms with Crippen molar-refractivity contribution in [3.05, 3.63) is 11.9 Å². The number of aromatic carboxylic acids is 1. The summed E-state index contributed by atoms with van der Waals surface area (Å²) in [6, 6.07) is 0.527. The lowest BCUT2D eigenvalue weighted by Crippen LogP contribution is -2.47. The van der Waals surface area contributed by atoms with Crippen LogP contribution in [-0.4, -0.2) is 63.7 Å². The fourth-order valence-electron chi connectivity index (χ4n) is 2.53. The molecule has 7 heteroatoms. The molecule has 0 bridgehead atoms. The van der Waals surface area contributed by atoms with Crippen molar-refractivity contribution in [1.29, 1.82) is 0 Å². The molecular formula is C12H21N5O2. The third-order valence-electron chi connectivity index (χ3n) is 3.61. The van der Waals surface area contributed by atoms with Gasteiger partial charge in [0.05, 0.1) is 12.7 Å². The highest BCUT2D eigenvalue weighted by Crippen LogP contribution is 2.14. The predicted octanol–water partition coefficient (Wildman–Crippen LogP) is -0.0939. The number of rotatable bonds is 5. The van der Waals surface area contributed by atoms with E-state index in [2.05, 4.69) is 34.5 Å². The molecule has 0 saturated carbocycles. The molecule has 0 amide bonds. The SMILES string of the molecule is CC1CN(C)CCC1NCCn1cc(C(=O)O)nn1. The van der Waals surface area contributed by atoms with Crippen LogP contribution in [0.15, 0.2) is 6.20 Å². The Hall–Kier alpha value is -1.47. The maximum Gasteiger partial charge on any atom is 0.358 e. The van der Waals surface area contributed by atoms with Gasteiger partial charge in [0, 0.05) is 19.1 Å². The van der Waals surface area contributed by atoms with Crippen molar-refractivity contribution < 1.29 is 9.90 Å². The van der Waals surface area contributed by atoms with Crippen molar-refractivity contribution in [1.82, 2.24) is 25.2 Å². The van der Waals surface area contributed by atoms with Gasteiger partial charge in [0.1, 0.15) is 0 Å². The van der Waals surface area contributed by atoms with Crippen molar-refractivity contribution in [2.45, 2.75) is 25.9 Å². The summed E-state index contributed by atoms with van der Waals surface area (Å²) in [7, 11) is 2.15. The zero-order valence-corrected chi connectivity index (χ0v) is 11.4. The Labute approximate surface area is 112 Å². The summed E-state index contributed by atoms with van der Waals surface area (Å²) in [5.41, 5.74) is -0.00680. The first-order chi connectivity index (χ1) is 9.06. The Bertz CT molecular complexity index is 434.